The molecule has 10 nitrogen and oxygen atoms in total. The fourth-order valence-electron chi connectivity index (χ4n) is 4.31. The van der Waals surface area contributed by atoms with Gasteiger partial charge < -0.3 is 19.7 Å². The maximum absolute atomic E-state index is 13.0. The predicted octanol–water partition coefficient (Wildman–Crippen LogP) is 0.952. The molecule has 1 aromatic carbocycles. The first-order valence-electron chi connectivity index (χ1n) is 10.7. The number of anilines is 1. The van der Waals surface area contributed by atoms with E-state index in [1.165, 1.54) is 10.4 Å². The van der Waals surface area contributed by atoms with Crippen LogP contribution in [0.15, 0.2) is 23.1 Å². The molecule has 0 unspecified atom stereocenters. The topological polar surface area (TPSA) is 122 Å². The van der Waals surface area contributed by atoms with Crippen molar-refractivity contribution in [2.75, 3.05) is 44.0 Å². The van der Waals surface area contributed by atoms with Gasteiger partial charge in [0, 0.05) is 31.0 Å². The van der Waals surface area contributed by atoms with Gasteiger partial charge >= 0.3 is 5.97 Å². The van der Waals surface area contributed by atoms with E-state index in [0.717, 1.165) is 0 Å². The molecule has 1 aromatic rings. The third-order valence-corrected chi connectivity index (χ3v) is 9.67. The first-order valence-corrected chi connectivity index (χ1v) is 13.2. The van der Waals surface area contributed by atoms with Crippen molar-refractivity contribution < 1.29 is 32.3 Å². The molecular weight excluding hydrogens is 470 g/mol. The molecule has 3 aliphatic heterocycles. The van der Waals surface area contributed by atoms with Crippen LogP contribution in [0.5, 0.6) is 0 Å². The Labute approximate surface area is 197 Å². The lowest BCUT2D eigenvalue weighted by Crippen LogP contribution is -2.47. The maximum atomic E-state index is 13.0. The standard InChI is InChI=1S/C21H27N3O7S2/c1-14-3-4-15(11-17(14)33(28,29)23-7-9-30-10-8-23)22-18(25)12-31-20(27)16-13-32-21(2)6-5-19(26)24(16)21/h3-4,11,16H,5-10,12-13H2,1-2H3,(H,22,25)/t16-,21+/m0/s1. The number of morpholine rings is 1. The zero-order chi connectivity index (χ0) is 23.8. The smallest absolute Gasteiger partial charge is 0.330 e. The molecule has 2 atom stereocenters. The summed E-state index contributed by atoms with van der Waals surface area (Å²) in [5.74, 6) is -0.856. The van der Waals surface area contributed by atoms with Crippen molar-refractivity contribution in [1.29, 1.82) is 0 Å². The van der Waals surface area contributed by atoms with E-state index in [0.29, 0.717) is 37.4 Å². The molecule has 3 saturated heterocycles. The number of benzene rings is 1. The van der Waals surface area contributed by atoms with Crippen molar-refractivity contribution in [3.63, 3.8) is 0 Å². The molecular formula is C21H27N3O7S2. The highest BCUT2D eigenvalue weighted by Crippen LogP contribution is 2.47. The summed E-state index contributed by atoms with van der Waals surface area (Å²) >= 11 is 1.54. The Morgan fingerprint density at radius 1 is 1.30 bits per heavy atom. The molecule has 2 amide bonds. The van der Waals surface area contributed by atoms with Gasteiger partial charge in [0.1, 0.15) is 6.04 Å². The number of thioether (sulfide) groups is 1. The van der Waals surface area contributed by atoms with Gasteiger partial charge in [0.15, 0.2) is 6.61 Å². The van der Waals surface area contributed by atoms with Gasteiger partial charge in [0.2, 0.25) is 15.9 Å². The minimum atomic E-state index is -3.73. The number of sulfonamides is 1. The van der Waals surface area contributed by atoms with Crippen LogP contribution in [-0.2, 0) is 33.9 Å². The molecule has 12 heteroatoms. The molecule has 0 aromatic heterocycles. The van der Waals surface area contributed by atoms with Crippen LogP contribution in [0.4, 0.5) is 5.69 Å². The van der Waals surface area contributed by atoms with E-state index in [-0.39, 0.29) is 29.6 Å². The van der Waals surface area contributed by atoms with Crippen LogP contribution in [0.1, 0.15) is 25.3 Å². The van der Waals surface area contributed by atoms with Gasteiger partial charge in [-0.2, -0.15) is 4.31 Å². The fourth-order valence-corrected chi connectivity index (χ4v) is 7.38. The Hall–Kier alpha value is -2.15. The molecule has 0 saturated carbocycles. The van der Waals surface area contributed by atoms with Crippen LogP contribution >= 0.6 is 11.8 Å². The van der Waals surface area contributed by atoms with Gasteiger partial charge in [-0.05, 0) is 38.0 Å². The van der Waals surface area contributed by atoms with Gasteiger partial charge in [0.25, 0.3) is 5.91 Å². The number of nitrogens with zero attached hydrogens (tertiary/aromatic N) is 2. The summed E-state index contributed by atoms with van der Waals surface area (Å²) in [4.78, 5) is 38.4. The van der Waals surface area contributed by atoms with E-state index in [2.05, 4.69) is 5.32 Å². The molecule has 3 heterocycles. The van der Waals surface area contributed by atoms with E-state index >= 15 is 0 Å². The van der Waals surface area contributed by atoms with Crippen molar-refractivity contribution in [2.45, 2.75) is 42.5 Å². The van der Waals surface area contributed by atoms with E-state index in [1.54, 1.807) is 35.7 Å². The Morgan fingerprint density at radius 3 is 2.76 bits per heavy atom. The number of amides is 2. The first kappa shape index (κ1) is 24.0. The predicted molar refractivity (Wildman–Crippen MR) is 121 cm³/mol. The van der Waals surface area contributed by atoms with Gasteiger partial charge in [0.05, 0.1) is 23.0 Å². The van der Waals surface area contributed by atoms with Gasteiger partial charge in [-0.25, -0.2) is 13.2 Å². The molecule has 0 radical (unpaired) electrons. The van der Waals surface area contributed by atoms with Crippen LogP contribution in [0, 0.1) is 6.92 Å². The summed E-state index contributed by atoms with van der Waals surface area (Å²) in [7, 11) is -3.73. The average molecular weight is 498 g/mol. The van der Waals surface area contributed by atoms with Gasteiger partial charge in [-0.3, -0.25) is 9.59 Å². The van der Waals surface area contributed by atoms with Gasteiger partial charge in [-0.15, -0.1) is 11.8 Å². The summed E-state index contributed by atoms with van der Waals surface area (Å²) in [6.45, 7) is 4.30. The van der Waals surface area contributed by atoms with Crippen molar-refractivity contribution in [3.8, 4) is 0 Å². The summed E-state index contributed by atoms with van der Waals surface area (Å²) < 4.78 is 37.8. The molecule has 4 rings (SSSR count). The monoisotopic (exact) mass is 497 g/mol. The minimum absolute atomic E-state index is 0.0810. The van der Waals surface area contributed by atoms with E-state index in [1.807, 2.05) is 6.92 Å². The zero-order valence-corrected chi connectivity index (χ0v) is 20.2. The number of carbonyl (C=O) groups excluding carboxylic acids is 3. The summed E-state index contributed by atoms with van der Waals surface area (Å²) in [5.41, 5.74) is 0.843. The van der Waals surface area contributed by atoms with Crippen molar-refractivity contribution >= 4 is 45.3 Å². The Bertz CT molecular complexity index is 1070. The number of esters is 1. The maximum Gasteiger partial charge on any atom is 0.330 e. The minimum Gasteiger partial charge on any atom is -0.454 e. The average Bonchev–Trinajstić information content (AvgIpc) is 3.29. The number of carbonyl (C=O) groups is 3. The number of hydrogen-bond acceptors (Lipinski definition) is 8. The Balaban J connectivity index is 1.37. The second-order valence-corrected chi connectivity index (χ2v) is 11.8. The molecule has 0 spiro atoms. The fraction of sp³-hybridized carbons (Fsp3) is 0.571. The van der Waals surface area contributed by atoms with Crippen LogP contribution in [0.25, 0.3) is 0 Å². The number of ether oxygens (including phenoxy) is 2. The Kier molecular flexibility index (Phi) is 6.72. The third-order valence-electron chi connectivity index (χ3n) is 6.12. The summed E-state index contributed by atoms with van der Waals surface area (Å²) in [6.07, 6.45) is 1.08. The largest absolute Gasteiger partial charge is 0.454 e. The molecule has 180 valence electrons. The highest BCUT2D eigenvalue weighted by atomic mass is 32.2. The molecule has 3 fully saturated rings. The molecule has 0 aliphatic carbocycles. The number of hydrogen-bond donors (Lipinski definition) is 1. The second kappa shape index (κ2) is 9.24. The van der Waals surface area contributed by atoms with Crippen LogP contribution in [0.3, 0.4) is 0 Å². The van der Waals surface area contributed by atoms with Crippen molar-refractivity contribution in [2.24, 2.45) is 0 Å². The number of rotatable bonds is 6. The van der Waals surface area contributed by atoms with Crippen molar-refractivity contribution in [3.05, 3.63) is 23.8 Å². The SMILES string of the molecule is Cc1ccc(NC(=O)COC(=O)[C@@H]2CS[C@]3(C)CCC(=O)N23)cc1S(=O)(=O)N1CCOCC1. The number of nitrogens with one attached hydrogen (secondary N) is 1. The normalized spacial score (nSPS) is 25.7. The highest BCUT2D eigenvalue weighted by Gasteiger charge is 2.53. The number of fused-ring (bicyclic) bond motifs is 1. The third kappa shape index (κ3) is 4.75. The molecule has 0 bridgehead atoms. The lowest BCUT2D eigenvalue weighted by Gasteiger charge is -2.29. The number of aryl methyl sites for hydroxylation is 1. The zero-order valence-electron chi connectivity index (χ0n) is 18.5. The quantitative estimate of drug-likeness (QED) is 0.577. The van der Waals surface area contributed by atoms with Crippen molar-refractivity contribution in [1.82, 2.24) is 9.21 Å². The molecule has 33 heavy (non-hydrogen) atoms. The Morgan fingerprint density at radius 2 is 2.03 bits per heavy atom. The van der Waals surface area contributed by atoms with Crippen LogP contribution in [0.2, 0.25) is 0 Å². The molecule has 3 aliphatic rings. The summed E-state index contributed by atoms with van der Waals surface area (Å²) in [6, 6.07) is 3.91. The van der Waals surface area contributed by atoms with E-state index in [9.17, 15) is 22.8 Å². The van der Waals surface area contributed by atoms with E-state index in [4.69, 9.17) is 9.47 Å². The van der Waals surface area contributed by atoms with Crippen LogP contribution in [-0.4, -0.2) is 85.0 Å². The highest BCUT2D eigenvalue weighted by molar-refractivity contribution is 8.01. The van der Waals surface area contributed by atoms with Gasteiger partial charge in [-0.1, -0.05) is 6.07 Å². The first-order chi connectivity index (χ1) is 15.6. The lowest BCUT2D eigenvalue weighted by molar-refractivity contribution is -0.155. The lowest BCUT2D eigenvalue weighted by atomic mass is 10.2. The summed E-state index contributed by atoms with van der Waals surface area (Å²) in [5, 5.41) is 2.58. The van der Waals surface area contributed by atoms with E-state index < -0.39 is 39.4 Å². The second-order valence-electron chi connectivity index (χ2n) is 8.42. The van der Waals surface area contributed by atoms with Crippen LogP contribution < -0.4 is 5.32 Å². The molecule has 1 N–H and O–H groups in total.